The van der Waals surface area contributed by atoms with Crippen molar-refractivity contribution >= 4 is 39.2 Å². The zero-order valence-corrected chi connectivity index (χ0v) is 14.9. The van der Waals surface area contributed by atoms with Gasteiger partial charge in [-0.3, -0.25) is 9.69 Å². The van der Waals surface area contributed by atoms with Crippen molar-refractivity contribution in [2.45, 2.75) is 6.92 Å². The molecule has 5 nitrogen and oxygen atoms in total. The van der Waals surface area contributed by atoms with Crippen LogP contribution in [0, 0.1) is 6.92 Å². The Bertz CT molecular complexity index is 764. The van der Waals surface area contributed by atoms with Gasteiger partial charge in [-0.2, -0.15) is 0 Å². The Hall–Kier alpha value is -2.34. The van der Waals surface area contributed by atoms with E-state index in [9.17, 15) is 9.59 Å². The third kappa shape index (κ3) is 3.59. The van der Waals surface area contributed by atoms with Crippen LogP contribution in [0.25, 0.3) is 0 Å². The highest BCUT2D eigenvalue weighted by Gasteiger charge is 2.30. The van der Waals surface area contributed by atoms with Crippen LogP contribution in [0.2, 0.25) is 0 Å². The lowest BCUT2D eigenvalue weighted by molar-refractivity contribution is -0.116. The van der Waals surface area contributed by atoms with Gasteiger partial charge < -0.3 is 10.2 Å². The van der Waals surface area contributed by atoms with E-state index in [2.05, 4.69) is 21.2 Å². The fourth-order valence-electron chi connectivity index (χ4n) is 2.71. The van der Waals surface area contributed by atoms with Crippen molar-refractivity contribution < 1.29 is 9.59 Å². The second kappa shape index (κ2) is 7.05. The van der Waals surface area contributed by atoms with Crippen molar-refractivity contribution in [2.75, 3.05) is 29.9 Å². The molecule has 124 valence electrons. The molecule has 1 aliphatic heterocycles. The van der Waals surface area contributed by atoms with Crippen LogP contribution in [0.4, 0.5) is 16.2 Å². The number of hydrogen-bond donors (Lipinski definition) is 1. The van der Waals surface area contributed by atoms with Gasteiger partial charge in [-0.15, -0.1) is 0 Å². The van der Waals surface area contributed by atoms with Gasteiger partial charge in [-0.05, 0) is 42.8 Å². The zero-order chi connectivity index (χ0) is 17.1. The number of nitrogens with one attached hydrogen (secondary N) is 1. The van der Waals surface area contributed by atoms with Crippen molar-refractivity contribution in [3.63, 3.8) is 0 Å². The molecule has 0 aromatic heterocycles. The molecule has 24 heavy (non-hydrogen) atoms. The summed E-state index contributed by atoms with van der Waals surface area (Å²) in [6, 6.07) is 15.0. The van der Waals surface area contributed by atoms with Gasteiger partial charge in [0.05, 0.1) is 0 Å². The van der Waals surface area contributed by atoms with Crippen molar-refractivity contribution in [2.24, 2.45) is 0 Å². The highest BCUT2D eigenvalue weighted by Crippen LogP contribution is 2.21. The van der Waals surface area contributed by atoms with Crippen molar-refractivity contribution in [1.82, 2.24) is 4.90 Å². The van der Waals surface area contributed by atoms with E-state index in [4.69, 9.17) is 0 Å². The molecule has 1 N–H and O–H groups in total. The summed E-state index contributed by atoms with van der Waals surface area (Å²) >= 11 is 3.40. The molecule has 3 rings (SSSR count). The summed E-state index contributed by atoms with van der Waals surface area (Å²) in [7, 11) is 0. The van der Waals surface area contributed by atoms with Gasteiger partial charge in [0.1, 0.15) is 6.54 Å². The quantitative estimate of drug-likeness (QED) is 0.870. The average molecular weight is 388 g/mol. The summed E-state index contributed by atoms with van der Waals surface area (Å²) < 4.78 is 0.964. The molecule has 6 heteroatoms. The molecule has 0 radical (unpaired) electrons. The maximum Gasteiger partial charge on any atom is 0.325 e. The summed E-state index contributed by atoms with van der Waals surface area (Å²) in [6.07, 6.45) is 0. The van der Waals surface area contributed by atoms with E-state index in [1.807, 2.05) is 55.5 Å². The smallest absolute Gasteiger partial charge is 0.324 e. The molecule has 0 unspecified atom stereocenters. The molecule has 3 amide bonds. The van der Waals surface area contributed by atoms with Crippen molar-refractivity contribution in [1.29, 1.82) is 0 Å². The topological polar surface area (TPSA) is 52.7 Å². The summed E-state index contributed by atoms with van der Waals surface area (Å²) in [5.74, 6) is -0.191. The van der Waals surface area contributed by atoms with E-state index >= 15 is 0 Å². The third-order valence-corrected chi connectivity index (χ3v) is 4.45. The van der Waals surface area contributed by atoms with Crippen LogP contribution in [0.3, 0.4) is 0 Å². The number of anilines is 2. The van der Waals surface area contributed by atoms with Crippen LogP contribution in [-0.2, 0) is 4.79 Å². The number of nitrogens with zero attached hydrogens (tertiary/aromatic N) is 2. The number of halogens is 1. The molecule has 2 aromatic carbocycles. The van der Waals surface area contributed by atoms with Gasteiger partial charge >= 0.3 is 6.03 Å². The Kier molecular flexibility index (Phi) is 4.85. The lowest BCUT2D eigenvalue weighted by Gasteiger charge is -2.18. The minimum absolute atomic E-state index is 0.0532. The van der Waals surface area contributed by atoms with Crippen LogP contribution in [0.5, 0.6) is 0 Å². The van der Waals surface area contributed by atoms with E-state index in [0.29, 0.717) is 13.1 Å². The normalized spacial score (nSPS) is 14.2. The molecule has 1 saturated heterocycles. The van der Waals surface area contributed by atoms with Gasteiger partial charge in [-0.1, -0.05) is 34.1 Å². The van der Waals surface area contributed by atoms with Gasteiger partial charge in [0.15, 0.2) is 0 Å². The molecular formula is C18H18BrN3O2. The first-order chi connectivity index (χ1) is 11.5. The van der Waals surface area contributed by atoms with E-state index in [-0.39, 0.29) is 18.5 Å². The minimum atomic E-state index is -0.191. The molecule has 0 aliphatic carbocycles. The number of carbonyl (C=O) groups excluding carboxylic acids is 2. The van der Waals surface area contributed by atoms with E-state index in [0.717, 1.165) is 21.4 Å². The molecule has 0 atom stereocenters. The van der Waals surface area contributed by atoms with Crippen LogP contribution in [0.1, 0.15) is 5.56 Å². The first-order valence-corrected chi connectivity index (χ1v) is 8.51. The maximum absolute atomic E-state index is 12.5. The number of amides is 3. The molecule has 0 saturated carbocycles. The second-order valence-electron chi connectivity index (χ2n) is 5.70. The molecule has 0 spiro atoms. The summed E-state index contributed by atoms with van der Waals surface area (Å²) in [6.45, 7) is 3.12. The molecule has 2 aromatic rings. The standard InChI is InChI=1S/C18H18BrN3O2/c1-13-11-14(19)7-8-16(13)20-17(23)12-21-9-10-22(18(21)24)15-5-3-2-4-6-15/h2-8,11H,9-10,12H2,1H3,(H,20,23). The number of para-hydroxylation sites is 1. The molecule has 1 heterocycles. The van der Waals surface area contributed by atoms with E-state index in [1.165, 1.54) is 0 Å². The third-order valence-electron chi connectivity index (χ3n) is 3.96. The first kappa shape index (κ1) is 16.5. The highest BCUT2D eigenvalue weighted by atomic mass is 79.9. The number of benzene rings is 2. The Morgan fingerprint density at radius 2 is 1.92 bits per heavy atom. The Morgan fingerprint density at radius 1 is 1.17 bits per heavy atom. The largest absolute Gasteiger partial charge is 0.325 e. The van der Waals surface area contributed by atoms with Crippen LogP contribution in [0.15, 0.2) is 53.0 Å². The van der Waals surface area contributed by atoms with Crippen molar-refractivity contribution in [3.8, 4) is 0 Å². The summed E-state index contributed by atoms with van der Waals surface area (Å²) in [4.78, 5) is 28.0. The van der Waals surface area contributed by atoms with Crippen LogP contribution < -0.4 is 10.2 Å². The number of rotatable bonds is 4. The summed E-state index contributed by atoms with van der Waals surface area (Å²) in [5.41, 5.74) is 2.58. The van der Waals surface area contributed by atoms with E-state index in [1.54, 1.807) is 9.80 Å². The number of hydrogen-bond acceptors (Lipinski definition) is 2. The van der Waals surface area contributed by atoms with Crippen LogP contribution >= 0.6 is 15.9 Å². The molecule has 1 aliphatic rings. The van der Waals surface area contributed by atoms with E-state index < -0.39 is 0 Å². The lowest BCUT2D eigenvalue weighted by Crippen LogP contribution is -2.37. The SMILES string of the molecule is Cc1cc(Br)ccc1NC(=O)CN1CCN(c2ccccc2)C1=O. The van der Waals surface area contributed by atoms with Gasteiger partial charge in [0.25, 0.3) is 0 Å². The lowest BCUT2D eigenvalue weighted by atomic mass is 10.2. The highest BCUT2D eigenvalue weighted by molar-refractivity contribution is 9.10. The molecule has 1 fully saturated rings. The Morgan fingerprint density at radius 3 is 2.62 bits per heavy atom. The summed E-state index contributed by atoms with van der Waals surface area (Å²) in [5, 5.41) is 2.87. The van der Waals surface area contributed by atoms with Gasteiger partial charge in [0.2, 0.25) is 5.91 Å². The second-order valence-corrected chi connectivity index (χ2v) is 6.61. The van der Waals surface area contributed by atoms with Crippen LogP contribution in [-0.4, -0.2) is 36.5 Å². The zero-order valence-electron chi connectivity index (χ0n) is 13.3. The van der Waals surface area contributed by atoms with Gasteiger partial charge in [0, 0.05) is 28.9 Å². The first-order valence-electron chi connectivity index (χ1n) is 7.72. The predicted octanol–water partition coefficient (Wildman–Crippen LogP) is 3.64. The Balaban J connectivity index is 1.62. The fraction of sp³-hybridized carbons (Fsp3) is 0.222. The predicted molar refractivity (Wildman–Crippen MR) is 98.3 cm³/mol. The number of aryl methyl sites for hydroxylation is 1. The fourth-order valence-corrected chi connectivity index (χ4v) is 3.18. The monoisotopic (exact) mass is 387 g/mol. The van der Waals surface area contributed by atoms with Crippen molar-refractivity contribution in [3.05, 3.63) is 58.6 Å². The molecule has 0 bridgehead atoms. The number of urea groups is 1. The number of carbonyl (C=O) groups is 2. The molecular weight excluding hydrogens is 370 g/mol. The maximum atomic E-state index is 12.5. The average Bonchev–Trinajstić information content (AvgIpc) is 2.92. The van der Waals surface area contributed by atoms with Gasteiger partial charge in [-0.25, -0.2) is 4.79 Å². The Labute approximate surface area is 149 Å². The minimum Gasteiger partial charge on any atom is -0.324 e.